The van der Waals surface area contributed by atoms with E-state index < -0.39 is 4.92 Å². The molecule has 152 valence electrons. The van der Waals surface area contributed by atoms with Gasteiger partial charge in [0.15, 0.2) is 11.5 Å². The third kappa shape index (κ3) is 4.04. The molecule has 0 spiro atoms. The lowest BCUT2D eigenvalue weighted by Crippen LogP contribution is -2.24. The zero-order valence-electron chi connectivity index (χ0n) is 16.4. The van der Waals surface area contributed by atoms with E-state index >= 15 is 0 Å². The average Bonchev–Trinajstić information content (AvgIpc) is 3.37. The molecule has 2 aromatic rings. The molecule has 2 fully saturated rings. The standard InChI is InChI=1S/C22H24N2O5/c1-28-20-10-9-15(11-21(20)29-19-7-2-3-8-19)16-12-22(25)23(14-16)17-5-4-6-18(13-17)24(26)27/h4-6,9-11,13,16,19H,2-3,7-8,12,14H2,1H3. The van der Waals surface area contributed by atoms with Crippen molar-refractivity contribution >= 4 is 17.3 Å². The lowest BCUT2D eigenvalue weighted by molar-refractivity contribution is -0.384. The smallest absolute Gasteiger partial charge is 0.271 e. The lowest BCUT2D eigenvalue weighted by Gasteiger charge is -2.19. The minimum atomic E-state index is -0.447. The Hall–Kier alpha value is -3.09. The fraction of sp³-hybridized carbons (Fsp3) is 0.409. The molecule has 29 heavy (non-hydrogen) atoms. The highest BCUT2D eigenvalue weighted by molar-refractivity contribution is 5.96. The van der Waals surface area contributed by atoms with E-state index in [1.807, 2.05) is 18.2 Å². The summed E-state index contributed by atoms with van der Waals surface area (Å²) >= 11 is 0. The van der Waals surface area contributed by atoms with Gasteiger partial charge in [-0.2, -0.15) is 0 Å². The topological polar surface area (TPSA) is 81.9 Å². The van der Waals surface area contributed by atoms with Crippen molar-refractivity contribution in [2.75, 3.05) is 18.6 Å². The van der Waals surface area contributed by atoms with Crippen LogP contribution in [0.5, 0.6) is 11.5 Å². The van der Waals surface area contributed by atoms with E-state index in [1.165, 1.54) is 25.0 Å². The van der Waals surface area contributed by atoms with Gasteiger partial charge >= 0.3 is 0 Å². The molecular weight excluding hydrogens is 372 g/mol. The first-order valence-electron chi connectivity index (χ1n) is 9.94. The molecule has 4 rings (SSSR count). The van der Waals surface area contributed by atoms with Crippen LogP contribution in [-0.2, 0) is 4.79 Å². The SMILES string of the molecule is COc1ccc(C2CC(=O)N(c3cccc([N+](=O)[O-])c3)C2)cc1OC1CCCC1. The molecule has 0 N–H and O–H groups in total. The van der Waals surface area contributed by atoms with Gasteiger partial charge in [-0.3, -0.25) is 14.9 Å². The van der Waals surface area contributed by atoms with Gasteiger partial charge in [0.2, 0.25) is 5.91 Å². The molecule has 7 nitrogen and oxygen atoms in total. The third-order valence-corrected chi connectivity index (χ3v) is 5.73. The average molecular weight is 396 g/mol. The van der Waals surface area contributed by atoms with Crippen LogP contribution in [0.2, 0.25) is 0 Å². The minimum absolute atomic E-state index is 0.00130. The largest absolute Gasteiger partial charge is 0.493 e. The maximum atomic E-state index is 12.6. The van der Waals surface area contributed by atoms with Crippen molar-refractivity contribution in [3.63, 3.8) is 0 Å². The Morgan fingerprint density at radius 2 is 1.90 bits per heavy atom. The lowest BCUT2D eigenvalue weighted by atomic mass is 9.98. The Labute approximate surface area is 169 Å². The highest BCUT2D eigenvalue weighted by Crippen LogP contribution is 2.38. The number of amides is 1. The predicted octanol–water partition coefficient (Wildman–Crippen LogP) is 4.45. The van der Waals surface area contributed by atoms with Crippen LogP contribution in [-0.4, -0.2) is 30.6 Å². The number of rotatable bonds is 6. The van der Waals surface area contributed by atoms with Crippen molar-refractivity contribution in [1.82, 2.24) is 0 Å². The number of carbonyl (C=O) groups is 1. The second-order valence-corrected chi connectivity index (χ2v) is 7.62. The van der Waals surface area contributed by atoms with Crippen LogP contribution in [0, 0.1) is 10.1 Å². The van der Waals surface area contributed by atoms with Crippen molar-refractivity contribution in [1.29, 1.82) is 0 Å². The fourth-order valence-corrected chi connectivity index (χ4v) is 4.18. The van der Waals surface area contributed by atoms with Gasteiger partial charge < -0.3 is 14.4 Å². The van der Waals surface area contributed by atoms with Crippen molar-refractivity contribution in [3.05, 3.63) is 58.1 Å². The van der Waals surface area contributed by atoms with Crippen LogP contribution in [0.1, 0.15) is 43.6 Å². The van der Waals surface area contributed by atoms with E-state index in [0.717, 1.165) is 24.2 Å². The summed E-state index contributed by atoms with van der Waals surface area (Å²) in [6.45, 7) is 0.481. The second kappa shape index (κ2) is 8.11. The Morgan fingerprint density at radius 3 is 2.62 bits per heavy atom. The number of ether oxygens (including phenoxy) is 2. The zero-order chi connectivity index (χ0) is 20.4. The number of anilines is 1. The molecule has 0 radical (unpaired) electrons. The maximum absolute atomic E-state index is 12.6. The van der Waals surface area contributed by atoms with E-state index in [2.05, 4.69) is 0 Å². The first kappa shape index (κ1) is 19.2. The summed E-state index contributed by atoms with van der Waals surface area (Å²) in [6.07, 6.45) is 5.04. The Kier molecular flexibility index (Phi) is 5.38. The van der Waals surface area contributed by atoms with Gasteiger partial charge in [-0.15, -0.1) is 0 Å². The van der Waals surface area contributed by atoms with Crippen LogP contribution in [0.15, 0.2) is 42.5 Å². The Balaban J connectivity index is 1.55. The normalized spacial score (nSPS) is 19.6. The van der Waals surface area contributed by atoms with Gasteiger partial charge in [-0.05, 0) is 49.4 Å². The molecular formula is C22H24N2O5. The second-order valence-electron chi connectivity index (χ2n) is 7.62. The molecule has 2 aromatic carbocycles. The quantitative estimate of drug-likeness (QED) is 0.532. The van der Waals surface area contributed by atoms with Crippen LogP contribution in [0.4, 0.5) is 11.4 Å². The summed E-state index contributed by atoms with van der Waals surface area (Å²) in [7, 11) is 1.62. The molecule has 1 saturated heterocycles. The highest BCUT2D eigenvalue weighted by Gasteiger charge is 2.33. The molecule has 1 atom stereocenters. The van der Waals surface area contributed by atoms with Crippen LogP contribution in [0.3, 0.4) is 0 Å². The van der Waals surface area contributed by atoms with Gasteiger partial charge in [0.25, 0.3) is 5.69 Å². The van der Waals surface area contributed by atoms with Crippen molar-refractivity contribution in [3.8, 4) is 11.5 Å². The van der Waals surface area contributed by atoms with Gasteiger partial charge in [-0.1, -0.05) is 12.1 Å². The number of methoxy groups -OCH3 is 1. The van der Waals surface area contributed by atoms with Crippen molar-refractivity contribution in [2.24, 2.45) is 0 Å². The first-order chi connectivity index (χ1) is 14.0. The number of nitro groups is 1. The Bertz CT molecular complexity index is 923. The molecule has 1 heterocycles. The Morgan fingerprint density at radius 1 is 1.10 bits per heavy atom. The highest BCUT2D eigenvalue weighted by atomic mass is 16.6. The predicted molar refractivity (Wildman–Crippen MR) is 109 cm³/mol. The molecule has 1 saturated carbocycles. The summed E-state index contributed by atoms with van der Waals surface area (Å²) in [5.74, 6) is 1.38. The molecule has 2 aliphatic rings. The molecule has 0 bridgehead atoms. The molecule has 1 unspecified atom stereocenters. The summed E-state index contributed by atoms with van der Waals surface area (Å²) < 4.78 is 11.6. The molecule has 7 heteroatoms. The van der Waals surface area contributed by atoms with Gasteiger partial charge in [0.05, 0.1) is 23.8 Å². The summed E-state index contributed by atoms with van der Waals surface area (Å²) in [6, 6.07) is 12.0. The first-order valence-corrected chi connectivity index (χ1v) is 9.94. The summed E-state index contributed by atoms with van der Waals surface area (Å²) in [4.78, 5) is 24.9. The summed E-state index contributed by atoms with van der Waals surface area (Å²) in [5.41, 5.74) is 1.55. The van der Waals surface area contributed by atoms with Gasteiger partial charge in [0, 0.05) is 31.0 Å². The maximum Gasteiger partial charge on any atom is 0.271 e. The van der Waals surface area contributed by atoms with E-state index in [9.17, 15) is 14.9 Å². The fourth-order valence-electron chi connectivity index (χ4n) is 4.18. The van der Waals surface area contributed by atoms with Crippen LogP contribution < -0.4 is 14.4 Å². The van der Waals surface area contributed by atoms with Gasteiger partial charge in [-0.25, -0.2) is 0 Å². The monoisotopic (exact) mass is 396 g/mol. The van der Waals surface area contributed by atoms with E-state index in [1.54, 1.807) is 24.1 Å². The zero-order valence-corrected chi connectivity index (χ0v) is 16.4. The van der Waals surface area contributed by atoms with Crippen molar-refractivity contribution in [2.45, 2.75) is 44.1 Å². The number of non-ortho nitro benzene ring substituents is 1. The molecule has 0 aromatic heterocycles. The van der Waals surface area contributed by atoms with E-state index in [4.69, 9.17) is 9.47 Å². The van der Waals surface area contributed by atoms with Crippen molar-refractivity contribution < 1.29 is 19.2 Å². The number of hydrogen-bond acceptors (Lipinski definition) is 5. The number of nitro benzene ring substituents is 1. The molecule has 1 aliphatic carbocycles. The molecule has 1 amide bonds. The number of nitrogens with zero attached hydrogens (tertiary/aromatic N) is 2. The third-order valence-electron chi connectivity index (χ3n) is 5.73. The number of benzene rings is 2. The van der Waals surface area contributed by atoms with Gasteiger partial charge in [0.1, 0.15) is 0 Å². The minimum Gasteiger partial charge on any atom is -0.493 e. The van der Waals surface area contributed by atoms with Crippen LogP contribution in [0.25, 0.3) is 0 Å². The summed E-state index contributed by atoms with van der Waals surface area (Å²) in [5, 5.41) is 11.1. The molecule has 1 aliphatic heterocycles. The van der Waals surface area contributed by atoms with Crippen LogP contribution >= 0.6 is 0 Å². The van der Waals surface area contributed by atoms with E-state index in [0.29, 0.717) is 24.4 Å². The number of carbonyl (C=O) groups excluding carboxylic acids is 1. The number of hydrogen-bond donors (Lipinski definition) is 0. The van der Waals surface area contributed by atoms with E-state index in [-0.39, 0.29) is 23.6 Å².